The van der Waals surface area contributed by atoms with Crippen molar-refractivity contribution in [1.29, 1.82) is 0 Å². The van der Waals surface area contributed by atoms with E-state index in [4.69, 9.17) is 4.74 Å². The van der Waals surface area contributed by atoms with E-state index in [1.807, 2.05) is 31.2 Å². The van der Waals surface area contributed by atoms with Gasteiger partial charge in [-0.1, -0.05) is 28.1 Å². The van der Waals surface area contributed by atoms with Crippen molar-refractivity contribution in [2.75, 3.05) is 7.11 Å². The highest BCUT2D eigenvalue weighted by Crippen LogP contribution is 2.12. The summed E-state index contributed by atoms with van der Waals surface area (Å²) in [5.74, 6) is 0.215. The zero-order valence-electron chi connectivity index (χ0n) is 9.00. The number of ether oxygens (including phenoxy) is 1. The summed E-state index contributed by atoms with van der Waals surface area (Å²) in [5.41, 5.74) is 1.05. The quantitative estimate of drug-likeness (QED) is 0.823. The molecule has 0 aliphatic rings. The summed E-state index contributed by atoms with van der Waals surface area (Å²) in [5, 5.41) is 0. The third-order valence-corrected chi connectivity index (χ3v) is 2.76. The first kappa shape index (κ1) is 12.4. The molecule has 2 nitrogen and oxygen atoms in total. The van der Waals surface area contributed by atoms with E-state index < -0.39 is 0 Å². The maximum absolute atomic E-state index is 11.6. The minimum absolute atomic E-state index is 0.00736. The highest BCUT2D eigenvalue weighted by molar-refractivity contribution is 9.10. The first-order chi connectivity index (χ1) is 7.11. The van der Waals surface area contributed by atoms with Crippen LogP contribution < -0.4 is 0 Å². The molecule has 0 bridgehead atoms. The second kappa shape index (κ2) is 6.03. The number of rotatable bonds is 5. The molecule has 82 valence electrons. The monoisotopic (exact) mass is 270 g/mol. The van der Waals surface area contributed by atoms with Crippen LogP contribution in [0.2, 0.25) is 0 Å². The number of methoxy groups -OCH3 is 1. The molecule has 0 amide bonds. The van der Waals surface area contributed by atoms with Crippen molar-refractivity contribution in [1.82, 2.24) is 0 Å². The fourth-order valence-corrected chi connectivity index (χ4v) is 1.57. The van der Waals surface area contributed by atoms with E-state index in [0.29, 0.717) is 12.8 Å². The van der Waals surface area contributed by atoms with Crippen LogP contribution in [0.4, 0.5) is 0 Å². The molecule has 0 saturated heterocycles. The first-order valence-corrected chi connectivity index (χ1v) is 5.70. The van der Waals surface area contributed by atoms with Gasteiger partial charge in [-0.2, -0.15) is 0 Å². The smallest absolute Gasteiger partial charge is 0.139 e. The summed E-state index contributed by atoms with van der Waals surface area (Å²) >= 11 is 3.36. The highest BCUT2D eigenvalue weighted by Gasteiger charge is 2.08. The van der Waals surface area contributed by atoms with Crippen LogP contribution in [0.25, 0.3) is 0 Å². The third kappa shape index (κ3) is 4.58. The molecule has 1 aromatic carbocycles. The average Bonchev–Trinajstić information content (AvgIpc) is 2.21. The minimum atomic E-state index is 0.00736. The molecule has 3 heteroatoms. The molecule has 0 aromatic heterocycles. The van der Waals surface area contributed by atoms with Gasteiger partial charge in [-0.3, -0.25) is 4.79 Å². The van der Waals surface area contributed by atoms with E-state index in [-0.39, 0.29) is 11.9 Å². The molecule has 15 heavy (non-hydrogen) atoms. The van der Waals surface area contributed by atoms with Gasteiger partial charge in [-0.25, -0.2) is 0 Å². The molecule has 1 atom stereocenters. The number of hydrogen-bond donors (Lipinski definition) is 0. The number of halogens is 1. The van der Waals surface area contributed by atoms with Crippen LogP contribution in [0, 0.1) is 0 Å². The van der Waals surface area contributed by atoms with Gasteiger partial charge in [0.2, 0.25) is 0 Å². The molecule has 0 heterocycles. The van der Waals surface area contributed by atoms with Gasteiger partial charge >= 0.3 is 0 Å². The number of benzene rings is 1. The molecular formula is C12H15BrO2. The number of carbonyl (C=O) groups is 1. The van der Waals surface area contributed by atoms with Crippen LogP contribution in [0.5, 0.6) is 0 Å². The zero-order chi connectivity index (χ0) is 11.3. The predicted octanol–water partition coefficient (Wildman–Crippen LogP) is 2.99. The second-order valence-corrected chi connectivity index (χ2v) is 4.51. The Morgan fingerprint density at radius 2 is 2.00 bits per heavy atom. The van der Waals surface area contributed by atoms with E-state index in [2.05, 4.69) is 15.9 Å². The Labute approximate surface area is 98.8 Å². The largest absolute Gasteiger partial charge is 0.381 e. The maximum Gasteiger partial charge on any atom is 0.139 e. The van der Waals surface area contributed by atoms with Gasteiger partial charge < -0.3 is 4.74 Å². The molecule has 1 aromatic rings. The van der Waals surface area contributed by atoms with Crippen molar-refractivity contribution in [2.24, 2.45) is 0 Å². The van der Waals surface area contributed by atoms with Crippen LogP contribution in [-0.4, -0.2) is 19.0 Å². The van der Waals surface area contributed by atoms with E-state index >= 15 is 0 Å². The SMILES string of the molecule is COC(C)CC(=O)Cc1ccc(Br)cc1. The van der Waals surface area contributed by atoms with Crippen molar-refractivity contribution >= 4 is 21.7 Å². The van der Waals surface area contributed by atoms with Crippen molar-refractivity contribution in [3.63, 3.8) is 0 Å². The third-order valence-electron chi connectivity index (χ3n) is 2.23. The predicted molar refractivity (Wildman–Crippen MR) is 63.9 cm³/mol. The van der Waals surface area contributed by atoms with Crippen molar-refractivity contribution in [2.45, 2.75) is 25.9 Å². The van der Waals surface area contributed by atoms with Crippen molar-refractivity contribution in [3.05, 3.63) is 34.3 Å². The Hall–Kier alpha value is -0.670. The van der Waals surface area contributed by atoms with E-state index in [9.17, 15) is 4.79 Å². The molecular weight excluding hydrogens is 256 g/mol. The molecule has 0 saturated carbocycles. The Morgan fingerprint density at radius 1 is 1.40 bits per heavy atom. The lowest BCUT2D eigenvalue weighted by Crippen LogP contribution is -2.13. The standard InChI is InChI=1S/C12H15BrO2/c1-9(15-2)7-12(14)8-10-3-5-11(13)6-4-10/h3-6,9H,7-8H2,1-2H3. The van der Waals surface area contributed by atoms with Gasteiger partial charge in [-0.15, -0.1) is 0 Å². The van der Waals surface area contributed by atoms with E-state index in [1.165, 1.54) is 0 Å². The zero-order valence-corrected chi connectivity index (χ0v) is 10.6. The van der Waals surface area contributed by atoms with Gasteiger partial charge in [0, 0.05) is 24.4 Å². The highest BCUT2D eigenvalue weighted by atomic mass is 79.9. The number of ketones is 1. The molecule has 0 fully saturated rings. The molecule has 0 radical (unpaired) electrons. The van der Waals surface area contributed by atoms with Gasteiger partial charge in [0.05, 0.1) is 6.10 Å². The maximum atomic E-state index is 11.6. The normalized spacial score (nSPS) is 12.5. The Balaban J connectivity index is 2.48. The second-order valence-electron chi connectivity index (χ2n) is 3.59. The lowest BCUT2D eigenvalue weighted by Gasteiger charge is -2.07. The fraction of sp³-hybridized carbons (Fsp3) is 0.417. The summed E-state index contributed by atoms with van der Waals surface area (Å²) < 4.78 is 6.08. The van der Waals surface area contributed by atoms with Crippen LogP contribution in [0.15, 0.2) is 28.7 Å². The molecule has 0 N–H and O–H groups in total. The lowest BCUT2D eigenvalue weighted by molar-refractivity contribution is -0.120. The van der Waals surface area contributed by atoms with Gasteiger partial charge in [-0.05, 0) is 24.6 Å². The van der Waals surface area contributed by atoms with Crippen LogP contribution in [0.3, 0.4) is 0 Å². The Bertz CT molecular complexity index is 319. The summed E-state index contributed by atoms with van der Waals surface area (Å²) in [4.78, 5) is 11.6. The summed E-state index contributed by atoms with van der Waals surface area (Å²) in [6, 6.07) is 7.81. The van der Waals surface area contributed by atoms with E-state index in [1.54, 1.807) is 7.11 Å². The van der Waals surface area contributed by atoms with Crippen LogP contribution in [0.1, 0.15) is 18.9 Å². The average molecular weight is 271 g/mol. The molecule has 0 aliphatic carbocycles. The Morgan fingerprint density at radius 3 is 2.53 bits per heavy atom. The topological polar surface area (TPSA) is 26.3 Å². The van der Waals surface area contributed by atoms with Gasteiger partial charge in [0.1, 0.15) is 5.78 Å². The summed E-state index contributed by atoms with van der Waals surface area (Å²) in [7, 11) is 1.62. The van der Waals surface area contributed by atoms with Crippen molar-refractivity contribution < 1.29 is 9.53 Å². The molecule has 1 rings (SSSR count). The summed E-state index contributed by atoms with van der Waals surface area (Å²) in [6.45, 7) is 1.90. The van der Waals surface area contributed by atoms with E-state index in [0.717, 1.165) is 10.0 Å². The number of hydrogen-bond acceptors (Lipinski definition) is 2. The molecule has 1 unspecified atom stereocenters. The number of carbonyl (C=O) groups excluding carboxylic acids is 1. The van der Waals surface area contributed by atoms with Crippen LogP contribution >= 0.6 is 15.9 Å². The lowest BCUT2D eigenvalue weighted by atomic mass is 10.1. The molecule has 0 spiro atoms. The summed E-state index contributed by atoms with van der Waals surface area (Å²) in [6.07, 6.45) is 0.973. The fourth-order valence-electron chi connectivity index (χ4n) is 1.31. The van der Waals surface area contributed by atoms with Crippen molar-refractivity contribution in [3.8, 4) is 0 Å². The van der Waals surface area contributed by atoms with Crippen LogP contribution in [-0.2, 0) is 16.0 Å². The number of Topliss-reactive ketones (excluding diaryl/α,β-unsaturated/α-hetero) is 1. The van der Waals surface area contributed by atoms with Gasteiger partial charge in [0.15, 0.2) is 0 Å². The Kier molecular flexibility index (Phi) is 4.99. The van der Waals surface area contributed by atoms with Gasteiger partial charge in [0.25, 0.3) is 0 Å². The first-order valence-electron chi connectivity index (χ1n) is 4.90. The molecule has 0 aliphatic heterocycles. The minimum Gasteiger partial charge on any atom is -0.381 e.